The Morgan fingerprint density at radius 1 is 1.53 bits per heavy atom. The SMILES string of the molecule is CC(c1nc(C(=O)O)cs1)N1C(=O)C(C)(C)S1(=O)=O. The van der Waals surface area contributed by atoms with Gasteiger partial charge in [0.1, 0.15) is 5.01 Å². The number of carbonyl (C=O) groups is 2. The molecule has 2 rings (SSSR count). The molecule has 0 saturated carbocycles. The van der Waals surface area contributed by atoms with Gasteiger partial charge in [-0.15, -0.1) is 11.3 Å². The highest BCUT2D eigenvalue weighted by Gasteiger charge is 2.62. The van der Waals surface area contributed by atoms with E-state index in [0.717, 1.165) is 15.6 Å². The fraction of sp³-hybridized carbons (Fsp3) is 0.500. The second-order valence-corrected chi connectivity index (χ2v) is 7.92. The van der Waals surface area contributed by atoms with E-state index in [9.17, 15) is 18.0 Å². The molecule has 1 aromatic rings. The molecule has 19 heavy (non-hydrogen) atoms. The molecule has 0 bridgehead atoms. The minimum Gasteiger partial charge on any atom is -0.476 e. The molecule has 104 valence electrons. The van der Waals surface area contributed by atoms with Crippen LogP contribution in [0.15, 0.2) is 5.38 Å². The van der Waals surface area contributed by atoms with Gasteiger partial charge < -0.3 is 5.11 Å². The van der Waals surface area contributed by atoms with E-state index in [1.54, 1.807) is 0 Å². The van der Waals surface area contributed by atoms with E-state index in [1.807, 2.05) is 0 Å². The molecule has 1 fully saturated rings. The number of aromatic carboxylic acids is 1. The Hall–Kier alpha value is -1.48. The zero-order valence-corrected chi connectivity index (χ0v) is 12.1. The highest BCUT2D eigenvalue weighted by atomic mass is 32.2. The van der Waals surface area contributed by atoms with Crippen molar-refractivity contribution in [3.63, 3.8) is 0 Å². The highest BCUT2D eigenvalue weighted by Crippen LogP contribution is 2.41. The number of amides is 1. The molecule has 2 heterocycles. The molecule has 1 N–H and O–H groups in total. The second-order valence-electron chi connectivity index (χ2n) is 4.67. The lowest BCUT2D eigenvalue weighted by molar-refractivity contribution is -0.133. The third kappa shape index (κ3) is 1.76. The van der Waals surface area contributed by atoms with Crippen LogP contribution in [0, 0.1) is 0 Å². The summed E-state index contributed by atoms with van der Waals surface area (Å²) in [5, 5.41) is 10.4. The van der Waals surface area contributed by atoms with E-state index >= 15 is 0 Å². The van der Waals surface area contributed by atoms with Crippen LogP contribution in [0.3, 0.4) is 0 Å². The van der Waals surface area contributed by atoms with Crippen molar-refractivity contribution >= 4 is 33.2 Å². The number of nitrogens with zero attached hydrogens (tertiary/aromatic N) is 2. The molecule has 1 unspecified atom stereocenters. The first kappa shape index (κ1) is 13.9. The number of aromatic nitrogens is 1. The first-order valence-corrected chi connectivity index (χ1v) is 7.70. The molecule has 1 atom stereocenters. The lowest BCUT2D eigenvalue weighted by Gasteiger charge is -2.45. The van der Waals surface area contributed by atoms with Crippen molar-refractivity contribution in [2.45, 2.75) is 31.6 Å². The Morgan fingerprint density at radius 2 is 2.11 bits per heavy atom. The van der Waals surface area contributed by atoms with Crippen LogP contribution in [-0.4, -0.2) is 39.4 Å². The maximum absolute atomic E-state index is 12.0. The quantitative estimate of drug-likeness (QED) is 0.887. The Balaban J connectivity index is 2.33. The standard InChI is InChI=1S/C10H12N2O5S2/c1-5(7-11-6(4-18-7)8(13)14)12-9(15)10(2,3)19(12,16)17/h4-5H,1-3H3,(H,13,14). The molecule has 0 radical (unpaired) electrons. The van der Waals surface area contributed by atoms with Crippen molar-refractivity contribution in [2.75, 3.05) is 0 Å². The summed E-state index contributed by atoms with van der Waals surface area (Å²) < 4.78 is 23.3. The van der Waals surface area contributed by atoms with Crippen molar-refractivity contribution < 1.29 is 23.1 Å². The van der Waals surface area contributed by atoms with Gasteiger partial charge in [-0.3, -0.25) is 4.79 Å². The van der Waals surface area contributed by atoms with Crippen LogP contribution in [0.2, 0.25) is 0 Å². The third-order valence-electron chi connectivity index (χ3n) is 3.07. The van der Waals surface area contributed by atoms with E-state index in [4.69, 9.17) is 5.11 Å². The van der Waals surface area contributed by atoms with Gasteiger partial charge in [0.15, 0.2) is 10.4 Å². The minimum absolute atomic E-state index is 0.156. The topological polar surface area (TPSA) is 105 Å². The monoisotopic (exact) mass is 304 g/mol. The number of hydrogen-bond acceptors (Lipinski definition) is 6. The van der Waals surface area contributed by atoms with E-state index in [1.165, 1.54) is 26.2 Å². The minimum atomic E-state index is -3.71. The van der Waals surface area contributed by atoms with Crippen LogP contribution < -0.4 is 0 Å². The number of carboxylic acids is 1. The van der Waals surface area contributed by atoms with Gasteiger partial charge in [-0.1, -0.05) is 0 Å². The summed E-state index contributed by atoms with van der Waals surface area (Å²) in [4.78, 5) is 26.4. The molecular weight excluding hydrogens is 292 g/mol. The fourth-order valence-electron chi connectivity index (χ4n) is 1.75. The van der Waals surface area contributed by atoms with Crippen LogP contribution in [-0.2, 0) is 14.8 Å². The molecular formula is C10H12N2O5S2. The van der Waals surface area contributed by atoms with Gasteiger partial charge >= 0.3 is 5.97 Å². The summed E-state index contributed by atoms with van der Waals surface area (Å²) in [7, 11) is -3.71. The molecule has 0 aliphatic carbocycles. The average molecular weight is 304 g/mol. The molecule has 1 aliphatic rings. The molecule has 1 saturated heterocycles. The largest absolute Gasteiger partial charge is 0.476 e. The van der Waals surface area contributed by atoms with Crippen molar-refractivity contribution in [2.24, 2.45) is 0 Å². The lowest BCUT2D eigenvalue weighted by atomic mass is 10.1. The van der Waals surface area contributed by atoms with Crippen molar-refractivity contribution in [1.82, 2.24) is 9.29 Å². The number of rotatable bonds is 3. The summed E-state index contributed by atoms with van der Waals surface area (Å²) in [6.07, 6.45) is 0. The van der Waals surface area contributed by atoms with Crippen LogP contribution in [0.1, 0.15) is 42.3 Å². The van der Waals surface area contributed by atoms with Gasteiger partial charge in [-0.25, -0.2) is 22.5 Å². The molecule has 1 aromatic heterocycles. The first-order chi connectivity index (χ1) is 8.60. The maximum Gasteiger partial charge on any atom is 0.355 e. The van der Waals surface area contributed by atoms with E-state index in [-0.39, 0.29) is 10.7 Å². The number of hydrogen-bond donors (Lipinski definition) is 1. The summed E-state index contributed by atoms with van der Waals surface area (Å²) >= 11 is 1.02. The third-order valence-corrected chi connectivity index (χ3v) is 6.55. The van der Waals surface area contributed by atoms with E-state index in [2.05, 4.69) is 4.98 Å². The van der Waals surface area contributed by atoms with Gasteiger partial charge in [-0.05, 0) is 20.8 Å². The maximum atomic E-state index is 12.0. The number of carbonyl (C=O) groups excluding carboxylic acids is 1. The number of carboxylic acid groups (broad SMARTS) is 1. The summed E-state index contributed by atoms with van der Waals surface area (Å²) in [6.45, 7) is 4.20. The van der Waals surface area contributed by atoms with Crippen molar-refractivity contribution in [3.05, 3.63) is 16.1 Å². The van der Waals surface area contributed by atoms with Gasteiger partial charge in [0, 0.05) is 5.38 Å². The summed E-state index contributed by atoms with van der Waals surface area (Å²) in [6, 6.07) is -0.788. The van der Waals surface area contributed by atoms with Crippen molar-refractivity contribution in [3.8, 4) is 0 Å². The van der Waals surface area contributed by atoms with E-state index in [0.29, 0.717) is 0 Å². The van der Waals surface area contributed by atoms with Crippen LogP contribution in [0.5, 0.6) is 0 Å². The molecule has 9 heteroatoms. The molecule has 0 spiro atoms. The normalized spacial score (nSPS) is 21.8. The lowest BCUT2D eigenvalue weighted by Crippen LogP contribution is -2.67. The number of thiazole rings is 1. The van der Waals surface area contributed by atoms with Crippen molar-refractivity contribution in [1.29, 1.82) is 0 Å². The fourth-order valence-corrected chi connectivity index (χ4v) is 4.30. The van der Waals surface area contributed by atoms with Crippen LogP contribution in [0.4, 0.5) is 0 Å². The molecule has 0 aromatic carbocycles. The molecule has 1 aliphatic heterocycles. The van der Waals surface area contributed by atoms with E-state index < -0.39 is 32.7 Å². The zero-order valence-electron chi connectivity index (χ0n) is 10.4. The van der Waals surface area contributed by atoms with Gasteiger partial charge in [0.25, 0.3) is 15.9 Å². The zero-order chi connectivity index (χ0) is 14.6. The van der Waals surface area contributed by atoms with Gasteiger partial charge in [0.2, 0.25) is 0 Å². The molecule has 7 nitrogen and oxygen atoms in total. The Morgan fingerprint density at radius 3 is 2.53 bits per heavy atom. The highest BCUT2D eigenvalue weighted by molar-refractivity contribution is 7.94. The van der Waals surface area contributed by atoms with Crippen LogP contribution >= 0.6 is 11.3 Å². The average Bonchev–Trinajstić information content (AvgIpc) is 2.77. The Labute approximate surface area is 113 Å². The summed E-state index contributed by atoms with van der Waals surface area (Å²) in [5.41, 5.74) is -0.156. The second kappa shape index (κ2) is 4.01. The molecule has 1 amide bonds. The first-order valence-electron chi connectivity index (χ1n) is 5.38. The van der Waals surface area contributed by atoms with Crippen LogP contribution in [0.25, 0.3) is 0 Å². The summed E-state index contributed by atoms with van der Waals surface area (Å²) in [5.74, 6) is -1.69. The van der Waals surface area contributed by atoms with Gasteiger partial charge in [0.05, 0.1) is 6.04 Å². The number of sulfonamides is 1. The predicted octanol–water partition coefficient (Wildman–Crippen LogP) is 0.853. The Bertz CT molecular complexity index is 661. The Kier molecular flexibility index (Phi) is 2.94. The smallest absolute Gasteiger partial charge is 0.355 e. The van der Waals surface area contributed by atoms with Gasteiger partial charge in [-0.2, -0.15) is 0 Å². The predicted molar refractivity (Wildman–Crippen MR) is 67.3 cm³/mol.